The average molecular weight is 615 g/mol. The summed E-state index contributed by atoms with van der Waals surface area (Å²) in [6.07, 6.45) is 8.83. The number of pyridine rings is 1. The monoisotopic (exact) mass is 614 g/mol. The Bertz CT molecular complexity index is 2780. The van der Waals surface area contributed by atoms with Crippen LogP contribution in [-0.4, -0.2) is 9.55 Å². The van der Waals surface area contributed by atoms with Gasteiger partial charge in [-0.2, -0.15) is 0 Å². The van der Waals surface area contributed by atoms with E-state index in [9.17, 15) is 0 Å². The van der Waals surface area contributed by atoms with Crippen LogP contribution >= 0.6 is 0 Å². The molecule has 0 fully saturated rings. The molecule has 0 atom stereocenters. The summed E-state index contributed by atoms with van der Waals surface area (Å²) >= 11 is 0. The third-order valence-corrected chi connectivity index (χ3v) is 9.88. The van der Waals surface area contributed by atoms with Gasteiger partial charge in [-0.05, 0) is 77.6 Å². The van der Waals surface area contributed by atoms with Crippen molar-refractivity contribution in [3.63, 3.8) is 0 Å². The molecule has 0 N–H and O–H groups in total. The van der Waals surface area contributed by atoms with E-state index in [1.165, 1.54) is 44.1 Å². The predicted molar refractivity (Wildman–Crippen MR) is 201 cm³/mol. The van der Waals surface area contributed by atoms with E-state index in [2.05, 4.69) is 162 Å². The van der Waals surface area contributed by atoms with Crippen LogP contribution in [0.5, 0.6) is 0 Å². The maximum absolute atomic E-state index is 6.82. The van der Waals surface area contributed by atoms with E-state index in [0.29, 0.717) is 0 Å². The van der Waals surface area contributed by atoms with Gasteiger partial charge < -0.3 is 8.98 Å². The molecule has 0 saturated heterocycles. The first-order valence-electron chi connectivity index (χ1n) is 16.6. The zero-order chi connectivity index (χ0) is 31.6. The third kappa shape index (κ3) is 4.11. The second-order valence-electron chi connectivity index (χ2n) is 12.6. The van der Waals surface area contributed by atoms with E-state index in [1.54, 1.807) is 0 Å². The number of allylic oxidation sites excluding steroid dienone is 4. The number of nitrogens with zero attached hydrogens (tertiary/aromatic N) is 2. The molecule has 3 heteroatoms. The van der Waals surface area contributed by atoms with Crippen molar-refractivity contribution in [3.05, 3.63) is 163 Å². The summed E-state index contributed by atoms with van der Waals surface area (Å²) in [4.78, 5) is 5.21. The van der Waals surface area contributed by atoms with E-state index < -0.39 is 0 Å². The van der Waals surface area contributed by atoms with Crippen LogP contribution in [0, 0.1) is 0 Å². The third-order valence-electron chi connectivity index (χ3n) is 9.88. The van der Waals surface area contributed by atoms with E-state index in [1.807, 2.05) is 0 Å². The second kappa shape index (κ2) is 10.7. The van der Waals surface area contributed by atoms with Gasteiger partial charge in [-0.1, -0.05) is 115 Å². The minimum atomic E-state index is 0.853. The summed E-state index contributed by atoms with van der Waals surface area (Å²) in [6, 6.07) is 49.7. The minimum Gasteiger partial charge on any atom is -0.454 e. The molecule has 0 aliphatic heterocycles. The molecule has 226 valence electrons. The fraction of sp³-hybridized carbons (Fsp3) is 0.0444. The lowest BCUT2D eigenvalue weighted by Gasteiger charge is -2.12. The summed E-state index contributed by atoms with van der Waals surface area (Å²) in [7, 11) is 0. The predicted octanol–water partition coefficient (Wildman–Crippen LogP) is 12.3. The van der Waals surface area contributed by atoms with Gasteiger partial charge in [0.15, 0.2) is 5.58 Å². The van der Waals surface area contributed by atoms with Crippen molar-refractivity contribution in [1.29, 1.82) is 0 Å². The topological polar surface area (TPSA) is 31.0 Å². The molecule has 9 aromatic rings. The minimum absolute atomic E-state index is 0.853. The van der Waals surface area contributed by atoms with Crippen molar-refractivity contribution in [2.24, 2.45) is 0 Å². The first-order chi connectivity index (χ1) is 23.8. The molecular formula is C45H30N2O. The zero-order valence-corrected chi connectivity index (χ0v) is 26.2. The Kier molecular flexibility index (Phi) is 6.00. The molecule has 6 aromatic carbocycles. The standard InChI is InChI=1S/C45H30N2O/c1-3-13-29(14-4-1)31-25-26-41-37(27-31)33-18-8-10-22-40(33)47(41)42-23-11-20-35-44-34(19-12-24-43(44)48-45(35)42)39-28-36(30-15-5-2-6-16-30)32-17-7-9-21-38(32)46-39/h1-3,5-13,15-28H,4,14H2. The van der Waals surface area contributed by atoms with Crippen LogP contribution < -0.4 is 0 Å². The molecule has 3 nitrogen and oxygen atoms in total. The average Bonchev–Trinajstić information content (AvgIpc) is 3.71. The Morgan fingerprint density at radius 1 is 0.583 bits per heavy atom. The van der Waals surface area contributed by atoms with Crippen LogP contribution in [-0.2, 0) is 0 Å². The molecule has 3 heterocycles. The van der Waals surface area contributed by atoms with E-state index in [0.717, 1.165) is 62.6 Å². The normalized spacial score (nSPS) is 13.3. The number of hydrogen-bond donors (Lipinski definition) is 0. The van der Waals surface area contributed by atoms with Crippen molar-refractivity contribution >= 4 is 60.2 Å². The molecule has 0 spiro atoms. The van der Waals surface area contributed by atoms with Gasteiger partial charge in [0.1, 0.15) is 5.58 Å². The first-order valence-corrected chi connectivity index (χ1v) is 16.6. The van der Waals surface area contributed by atoms with E-state index in [-0.39, 0.29) is 0 Å². The van der Waals surface area contributed by atoms with Crippen molar-refractivity contribution in [2.45, 2.75) is 12.8 Å². The smallest absolute Gasteiger partial charge is 0.159 e. The summed E-state index contributed by atoms with van der Waals surface area (Å²) < 4.78 is 9.19. The maximum atomic E-state index is 6.82. The zero-order valence-electron chi connectivity index (χ0n) is 26.2. The molecule has 0 radical (unpaired) electrons. The largest absolute Gasteiger partial charge is 0.454 e. The highest BCUT2D eigenvalue weighted by Crippen LogP contribution is 2.42. The Hall–Kier alpha value is -6.19. The number of para-hydroxylation sites is 3. The van der Waals surface area contributed by atoms with Crippen molar-refractivity contribution in [2.75, 3.05) is 0 Å². The molecule has 0 saturated carbocycles. The van der Waals surface area contributed by atoms with Crippen LogP contribution in [0.3, 0.4) is 0 Å². The highest BCUT2D eigenvalue weighted by molar-refractivity contribution is 6.16. The van der Waals surface area contributed by atoms with Gasteiger partial charge in [0.25, 0.3) is 0 Å². The molecule has 48 heavy (non-hydrogen) atoms. The molecule has 10 rings (SSSR count). The maximum Gasteiger partial charge on any atom is 0.159 e. The van der Waals surface area contributed by atoms with Crippen LogP contribution in [0.4, 0.5) is 0 Å². The van der Waals surface area contributed by atoms with Gasteiger partial charge in [-0.3, -0.25) is 0 Å². The summed E-state index contributed by atoms with van der Waals surface area (Å²) in [6.45, 7) is 0. The number of hydrogen-bond acceptors (Lipinski definition) is 2. The Morgan fingerprint density at radius 2 is 1.38 bits per heavy atom. The van der Waals surface area contributed by atoms with Gasteiger partial charge in [-0.25, -0.2) is 4.98 Å². The molecular weight excluding hydrogens is 585 g/mol. The summed E-state index contributed by atoms with van der Waals surface area (Å²) in [5.41, 5.74) is 13.1. The number of benzene rings is 6. The number of aromatic nitrogens is 2. The van der Waals surface area contributed by atoms with Crippen molar-refractivity contribution < 1.29 is 4.42 Å². The lowest BCUT2D eigenvalue weighted by Crippen LogP contribution is -1.95. The summed E-state index contributed by atoms with van der Waals surface area (Å²) in [5, 5.41) is 5.79. The van der Waals surface area contributed by atoms with Gasteiger partial charge in [0, 0.05) is 32.5 Å². The quantitative estimate of drug-likeness (QED) is 0.197. The van der Waals surface area contributed by atoms with Gasteiger partial charge >= 0.3 is 0 Å². The summed E-state index contributed by atoms with van der Waals surface area (Å²) in [5.74, 6) is 0. The Morgan fingerprint density at radius 3 is 2.27 bits per heavy atom. The number of fused-ring (bicyclic) bond motifs is 7. The van der Waals surface area contributed by atoms with Gasteiger partial charge in [0.2, 0.25) is 0 Å². The van der Waals surface area contributed by atoms with E-state index in [4.69, 9.17) is 9.40 Å². The number of furan rings is 1. The fourth-order valence-corrected chi connectivity index (χ4v) is 7.67. The molecule has 1 aliphatic rings. The molecule has 0 unspecified atom stereocenters. The van der Waals surface area contributed by atoms with Crippen LogP contribution in [0.1, 0.15) is 18.4 Å². The molecule has 0 amide bonds. The lowest BCUT2D eigenvalue weighted by atomic mass is 9.96. The first kappa shape index (κ1) is 27.0. The van der Waals surface area contributed by atoms with Crippen molar-refractivity contribution in [3.8, 4) is 28.1 Å². The Balaban J connectivity index is 1.22. The molecule has 1 aliphatic carbocycles. The van der Waals surface area contributed by atoms with Gasteiger partial charge in [-0.15, -0.1) is 0 Å². The van der Waals surface area contributed by atoms with Crippen molar-refractivity contribution in [1.82, 2.24) is 9.55 Å². The van der Waals surface area contributed by atoms with E-state index >= 15 is 0 Å². The van der Waals surface area contributed by atoms with Crippen LogP contribution in [0.2, 0.25) is 0 Å². The lowest BCUT2D eigenvalue weighted by molar-refractivity contribution is 0.666. The number of rotatable bonds is 4. The second-order valence-corrected chi connectivity index (χ2v) is 12.6. The molecule has 3 aromatic heterocycles. The van der Waals surface area contributed by atoms with Crippen LogP contribution in [0.15, 0.2) is 162 Å². The van der Waals surface area contributed by atoms with Crippen LogP contribution in [0.25, 0.3) is 88.3 Å². The van der Waals surface area contributed by atoms with Gasteiger partial charge in [0.05, 0.1) is 27.9 Å². The fourth-order valence-electron chi connectivity index (χ4n) is 7.67. The highest BCUT2D eigenvalue weighted by atomic mass is 16.3. The highest BCUT2D eigenvalue weighted by Gasteiger charge is 2.21. The molecule has 0 bridgehead atoms. The Labute approximate surface area is 277 Å². The SMILES string of the molecule is C1=CCCC(c2ccc3c(c2)c2ccccc2n3-c2cccc3c2oc2cccc(-c4cc(-c5ccccc5)c5ccccc5n4)c23)=C1.